The summed E-state index contributed by atoms with van der Waals surface area (Å²) in [6.07, 6.45) is 0.0440. The van der Waals surface area contributed by atoms with Gasteiger partial charge in [0.2, 0.25) is 0 Å². The number of carboxylic acid groups (broad SMARTS) is 1. The number of carbonyl (C=O) groups is 1. The molecule has 5 nitrogen and oxygen atoms in total. The smallest absolute Gasteiger partial charge is 0.328 e. The van der Waals surface area contributed by atoms with E-state index in [9.17, 15) is 15.0 Å². The Morgan fingerprint density at radius 1 is 1.24 bits per heavy atom. The van der Waals surface area contributed by atoms with Crippen molar-refractivity contribution in [3.8, 4) is 0 Å². The highest BCUT2D eigenvalue weighted by Gasteiger charge is 2.16. The molecule has 0 fully saturated rings. The number of hydrogen-bond donors (Lipinski definition) is 4. The molecule has 0 amide bonds. The third kappa shape index (κ3) is 3.99. The Morgan fingerprint density at radius 3 is 2.29 bits per heavy atom. The van der Waals surface area contributed by atoms with Gasteiger partial charge in [0, 0.05) is 6.08 Å². The second kappa shape index (κ2) is 6.15. The van der Waals surface area contributed by atoms with E-state index in [1.54, 1.807) is 24.3 Å². The molecule has 2 atom stereocenters. The Balaban J connectivity index is 2.77. The Morgan fingerprint density at radius 2 is 1.82 bits per heavy atom. The lowest BCUT2D eigenvalue weighted by Crippen LogP contribution is -2.21. The zero-order chi connectivity index (χ0) is 12.8. The van der Waals surface area contributed by atoms with Crippen LogP contribution < -0.4 is 0 Å². The van der Waals surface area contributed by atoms with Crippen LogP contribution >= 0.6 is 0 Å². The molecule has 0 aliphatic carbocycles. The third-order valence-electron chi connectivity index (χ3n) is 2.25. The van der Waals surface area contributed by atoms with Gasteiger partial charge in [-0.3, -0.25) is 0 Å². The van der Waals surface area contributed by atoms with Crippen LogP contribution in [0, 0.1) is 0 Å². The van der Waals surface area contributed by atoms with E-state index in [0.717, 1.165) is 6.08 Å². The van der Waals surface area contributed by atoms with Gasteiger partial charge in [-0.1, -0.05) is 24.3 Å². The molecule has 1 aromatic rings. The van der Waals surface area contributed by atoms with Crippen molar-refractivity contribution in [2.24, 2.45) is 0 Å². The molecule has 0 spiro atoms. The van der Waals surface area contributed by atoms with Crippen LogP contribution in [0.15, 0.2) is 30.3 Å². The van der Waals surface area contributed by atoms with Crippen molar-refractivity contribution in [1.29, 1.82) is 0 Å². The first-order valence-corrected chi connectivity index (χ1v) is 5.02. The second-order valence-electron chi connectivity index (χ2n) is 3.53. The zero-order valence-corrected chi connectivity index (χ0v) is 9.02. The molecule has 1 aromatic carbocycles. The largest absolute Gasteiger partial charge is 0.478 e. The molecule has 0 bridgehead atoms. The van der Waals surface area contributed by atoms with Crippen LogP contribution in [0.25, 0.3) is 6.08 Å². The molecule has 2 unspecified atom stereocenters. The molecule has 0 heterocycles. The summed E-state index contributed by atoms with van der Waals surface area (Å²) in [4.78, 5) is 10.3. The summed E-state index contributed by atoms with van der Waals surface area (Å²) >= 11 is 0. The van der Waals surface area contributed by atoms with Crippen molar-refractivity contribution >= 4 is 12.0 Å². The third-order valence-corrected chi connectivity index (χ3v) is 2.25. The summed E-state index contributed by atoms with van der Waals surface area (Å²) in [6.45, 7) is -0.526. The predicted octanol–water partition coefficient (Wildman–Crippen LogP) is 0.171. The van der Waals surface area contributed by atoms with Crippen molar-refractivity contribution in [2.45, 2.75) is 12.2 Å². The van der Waals surface area contributed by atoms with Gasteiger partial charge in [0.05, 0.1) is 6.61 Å². The van der Waals surface area contributed by atoms with Crippen LogP contribution in [0.2, 0.25) is 0 Å². The molecule has 92 valence electrons. The van der Waals surface area contributed by atoms with Crippen molar-refractivity contribution in [3.05, 3.63) is 41.5 Å². The number of hydrogen-bond acceptors (Lipinski definition) is 4. The number of aliphatic carboxylic acids is 1. The van der Waals surface area contributed by atoms with E-state index in [1.807, 2.05) is 0 Å². The normalized spacial score (nSPS) is 14.8. The van der Waals surface area contributed by atoms with Crippen LogP contribution in [0.5, 0.6) is 0 Å². The highest BCUT2D eigenvalue weighted by molar-refractivity contribution is 5.85. The average Bonchev–Trinajstić information content (AvgIpc) is 2.35. The fraction of sp³-hybridized carbons (Fsp3) is 0.250. The quantitative estimate of drug-likeness (QED) is 0.548. The molecule has 5 heteroatoms. The first-order valence-electron chi connectivity index (χ1n) is 5.02. The topological polar surface area (TPSA) is 98.0 Å². The van der Waals surface area contributed by atoms with E-state index in [0.29, 0.717) is 11.1 Å². The van der Waals surface area contributed by atoms with Crippen molar-refractivity contribution in [3.63, 3.8) is 0 Å². The van der Waals surface area contributed by atoms with Gasteiger partial charge in [-0.05, 0) is 17.2 Å². The molecular weight excluding hydrogens is 224 g/mol. The fourth-order valence-electron chi connectivity index (χ4n) is 1.29. The first kappa shape index (κ1) is 13.4. The molecule has 0 aliphatic rings. The minimum absolute atomic E-state index is 0.457. The van der Waals surface area contributed by atoms with Crippen LogP contribution in [0.4, 0.5) is 0 Å². The summed E-state index contributed by atoms with van der Waals surface area (Å²) < 4.78 is 0. The summed E-state index contributed by atoms with van der Waals surface area (Å²) in [7, 11) is 0. The van der Waals surface area contributed by atoms with E-state index in [4.69, 9.17) is 10.2 Å². The SMILES string of the molecule is O=C(O)/C=C/c1ccc(C(O)C(O)CO)cc1. The van der Waals surface area contributed by atoms with E-state index in [-0.39, 0.29) is 0 Å². The van der Waals surface area contributed by atoms with E-state index < -0.39 is 24.8 Å². The average molecular weight is 238 g/mol. The maximum absolute atomic E-state index is 10.3. The minimum atomic E-state index is -1.23. The van der Waals surface area contributed by atoms with Gasteiger partial charge in [0.15, 0.2) is 0 Å². The lowest BCUT2D eigenvalue weighted by molar-refractivity contribution is -0.131. The van der Waals surface area contributed by atoms with E-state index in [2.05, 4.69) is 0 Å². The molecule has 0 saturated carbocycles. The zero-order valence-electron chi connectivity index (χ0n) is 9.02. The van der Waals surface area contributed by atoms with E-state index in [1.165, 1.54) is 6.08 Å². The Hall–Kier alpha value is -1.69. The maximum atomic E-state index is 10.3. The predicted molar refractivity (Wildman–Crippen MR) is 61.2 cm³/mol. The van der Waals surface area contributed by atoms with Crippen molar-refractivity contribution in [2.75, 3.05) is 6.61 Å². The number of rotatable bonds is 5. The first-order chi connectivity index (χ1) is 8.04. The standard InChI is InChI=1S/C12H14O5/c13-7-10(14)12(17)9-4-1-8(2-5-9)3-6-11(15)16/h1-6,10,12-14,17H,7H2,(H,15,16)/b6-3+. The molecule has 4 N–H and O–H groups in total. The maximum Gasteiger partial charge on any atom is 0.328 e. The summed E-state index contributed by atoms with van der Waals surface area (Å²) in [6, 6.07) is 6.35. The molecule has 0 saturated heterocycles. The minimum Gasteiger partial charge on any atom is -0.478 e. The number of aliphatic hydroxyl groups excluding tert-OH is 3. The molecule has 17 heavy (non-hydrogen) atoms. The number of aliphatic hydroxyl groups is 3. The monoisotopic (exact) mass is 238 g/mol. The van der Waals surface area contributed by atoms with E-state index >= 15 is 0 Å². The Kier molecular flexibility index (Phi) is 4.84. The molecule has 0 aliphatic heterocycles. The van der Waals surface area contributed by atoms with Gasteiger partial charge >= 0.3 is 5.97 Å². The molecule has 1 rings (SSSR count). The highest BCUT2D eigenvalue weighted by Crippen LogP contribution is 2.17. The van der Waals surface area contributed by atoms with Gasteiger partial charge in [-0.15, -0.1) is 0 Å². The fourth-order valence-corrected chi connectivity index (χ4v) is 1.29. The highest BCUT2D eigenvalue weighted by atomic mass is 16.4. The lowest BCUT2D eigenvalue weighted by atomic mass is 10.0. The van der Waals surface area contributed by atoms with Gasteiger partial charge in [0.1, 0.15) is 12.2 Å². The van der Waals surface area contributed by atoms with Crippen LogP contribution in [0.3, 0.4) is 0 Å². The lowest BCUT2D eigenvalue weighted by Gasteiger charge is -2.15. The second-order valence-corrected chi connectivity index (χ2v) is 3.53. The Labute approximate surface area is 98.3 Å². The van der Waals surface area contributed by atoms with Gasteiger partial charge in [0.25, 0.3) is 0 Å². The molecule has 0 radical (unpaired) electrons. The van der Waals surface area contributed by atoms with Gasteiger partial charge in [-0.2, -0.15) is 0 Å². The summed E-state index contributed by atoms with van der Waals surface area (Å²) in [5.74, 6) is -1.04. The number of benzene rings is 1. The van der Waals surface area contributed by atoms with Crippen molar-refractivity contribution < 1.29 is 25.2 Å². The van der Waals surface area contributed by atoms with Crippen molar-refractivity contribution in [1.82, 2.24) is 0 Å². The van der Waals surface area contributed by atoms with Gasteiger partial charge < -0.3 is 20.4 Å². The summed E-state index contributed by atoms with van der Waals surface area (Å²) in [5.41, 5.74) is 1.13. The van der Waals surface area contributed by atoms with Crippen LogP contribution in [0.1, 0.15) is 17.2 Å². The molecular formula is C12H14O5. The summed E-state index contributed by atoms with van der Waals surface area (Å²) in [5, 5.41) is 35.9. The Bertz CT molecular complexity index is 396. The molecule has 0 aromatic heterocycles. The van der Waals surface area contributed by atoms with Crippen LogP contribution in [-0.4, -0.2) is 39.1 Å². The van der Waals surface area contributed by atoms with Gasteiger partial charge in [-0.25, -0.2) is 4.79 Å². The van der Waals surface area contributed by atoms with Crippen LogP contribution in [-0.2, 0) is 4.79 Å². The number of carboxylic acids is 1.